The van der Waals surface area contributed by atoms with Crippen molar-refractivity contribution < 1.29 is 13.2 Å². The zero-order chi connectivity index (χ0) is 19.2. The molecule has 0 bridgehead atoms. The molecule has 1 amide bonds. The SMILES string of the molecule is Cc1ccc(C)c(N2C(=NC(=O)c3ccccc3)S[C@@H]3CS(=O)(=O)C[C@@H]32)c1. The van der Waals surface area contributed by atoms with E-state index in [4.69, 9.17) is 0 Å². The minimum absolute atomic E-state index is 0.0938. The second-order valence-electron chi connectivity index (χ2n) is 7.03. The number of carbonyl (C=O) groups is 1. The summed E-state index contributed by atoms with van der Waals surface area (Å²) >= 11 is 1.40. The van der Waals surface area contributed by atoms with Crippen LogP contribution in [0.5, 0.6) is 0 Å². The first-order valence-corrected chi connectivity index (χ1v) is 11.5. The third-order valence-corrected chi connectivity index (χ3v) is 8.12. The van der Waals surface area contributed by atoms with Crippen molar-refractivity contribution in [1.29, 1.82) is 0 Å². The second kappa shape index (κ2) is 6.80. The molecule has 0 aromatic heterocycles. The van der Waals surface area contributed by atoms with Crippen LogP contribution in [0.3, 0.4) is 0 Å². The van der Waals surface area contributed by atoms with E-state index < -0.39 is 9.84 Å². The lowest BCUT2D eigenvalue weighted by atomic mass is 10.1. The van der Waals surface area contributed by atoms with Crippen molar-refractivity contribution in [3.05, 3.63) is 65.2 Å². The van der Waals surface area contributed by atoms with Crippen LogP contribution in [-0.4, -0.2) is 42.3 Å². The number of sulfone groups is 1. The number of thioether (sulfide) groups is 1. The molecule has 0 aliphatic carbocycles. The summed E-state index contributed by atoms with van der Waals surface area (Å²) in [7, 11) is -3.08. The van der Waals surface area contributed by atoms with Crippen molar-refractivity contribution >= 4 is 38.4 Å². The van der Waals surface area contributed by atoms with Gasteiger partial charge in [0.2, 0.25) is 0 Å². The largest absolute Gasteiger partial charge is 0.315 e. The molecule has 2 aromatic carbocycles. The molecule has 2 aromatic rings. The molecule has 2 heterocycles. The number of aliphatic imine (C=N–C) groups is 1. The Bertz CT molecular complexity index is 1030. The van der Waals surface area contributed by atoms with Crippen molar-refractivity contribution in [2.45, 2.75) is 25.1 Å². The van der Waals surface area contributed by atoms with Crippen molar-refractivity contribution in [2.24, 2.45) is 4.99 Å². The maximum atomic E-state index is 12.6. The van der Waals surface area contributed by atoms with Crippen molar-refractivity contribution in [1.82, 2.24) is 0 Å². The maximum absolute atomic E-state index is 12.6. The molecule has 2 fully saturated rings. The lowest BCUT2D eigenvalue weighted by Gasteiger charge is -2.26. The van der Waals surface area contributed by atoms with Gasteiger partial charge in [-0.1, -0.05) is 42.1 Å². The first-order chi connectivity index (χ1) is 12.8. The van der Waals surface area contributed by atoms with Crippen LogP contribution in [0.1, 0.15) is 21.5 Å². The number of amidine groups is 1. The Balaban J connectivity index is 1.78. The molecule has 2 aliphatic heterocycles. The summed E-state index contributed by atoms with van der Waals surface area (Å²) in [6.45, 7) is 3.99. The number of benzene rings is 2. The van der Waals surface area contributed by atoms with E-state index >= 15 is 0 Å². The van der Waals surface area contributed by atoms with Crippen molar-refractivity contribution in [2.75, 3.05) is 16.4 Å². The highest BCUT2D eigenvalue weighted by Gasteiger charge is 2.49. The van der Waals surface area contributed by atoms with Gasteiger partial charge in [-0.15, -0.1) is 0 Å². The zero-order valence-electron chi connectivity index (χ0n) is 15.1. The molecule has 7 heteroatoms. The highest BCUT2D eigenvalue weighted by molar-refractivity contribution is 8.16. The van der Waals surface area contributed by atoms with Crippen molar-refractivity contribution in [3.63, 3.8) is 0 Å². The fourth-order valence-electron chi connectivity index (χ4n) is 3.56. The summed E-state index contributed by atoms with van der Waals surface area (Å²) < 4.78 is 24.4. The molecule has 140 valence electrons. The average molecular weight is 401 g/mol. The summed E-state index contributed by atoms with van der Waals surface area (Å²) in [4.78, 5) is 19.0. The third kappa shape index (κ3) is 3.53. The predicted molar refractivity (Wildman–Crippen MR) is 110 cm³/mol. The second-order valence-corrected chi connectivity index (χ2v) is 10.4. The maximum Gasteiger partial charge on any atom is 0.279 e. The summed E-state index contributed by atoms with van der Waals surface area (Å²) in [6, 6.07) is 14.8. The molecule has 0 N–H and O–H groups in total. The standard InChI is InChI=1S/C20H20N2O3S2/c1-13-8-9-14(2)16(10-13)22-17-11-27(24,25)12-18(17)26-20(22)21-19(23)15-6-4-3-5-7-15/h3-10,17-18H,11-12H2,1-2H3/t17-,18+/m0/s1. The Morgan fingerprint density at radius 1 is 1.11 bits per heavy atom. The smallest absolute Gasteiger partial charge is 0.279 e. The molecule has 2 atom stereocenters. The summed E-state index contributed by atoms with van der Waals surface area (Å²) in [5.41, 5.74) is 3.56. The van der Waals surface area contributed by atoms with E-state index in [-0.39, 0.29) is 28.7 Å². The van der Waals surface area contributed by atoms with Crippen molar-refractivity contribution in [3.8, 4) is 0 Å². The Morgan fingerprint density at radius 3 is 2.59 bits per heavy atom. The Kier molecular flexibility index (Phi) is 4.60. The van der Waals surface area contributed by atoms with Gasteiger partial charge in [0.15, 0.2) is 15.0 Å². The van der Waals surface area contributed by atoms with Gasteiger partial charge in [-0.25, -0.2) is 8.42 Å². The van der Waals surface area contributed by atoms with Crippen LogP contribution >= 0.6 is 11.8 Å². The van der Waals surface area contributed by atoms with Gasteiger partial charge in [0.05, 0.1) is 17.5 Å². The summed E-state index contributed by atoms with van der Waals surface area (Å²) in [6.07, 6.45) is 0. The molecule has 2 aliphatic rings. The number of hydrogen-bond donors (Lipinski definition) is 0. The number of nitrogens with zero attached hydrogens (tertiary/aromatic N) is 2. The molecule has 2 saturated heterocycles. The number of anilines is 1. The first-order valence-electron chi connectivity index (χ1n) is 8.76. The van der Waals surface area contributed by atoms with E-state index in [1.54, 1.807) is 24.3 Å². The first kappa shape index (κ1) is 18.3. The van der Waals surface area contributed by atoms with Crippen LogP contribution in [0.2, 0.25) is 0 Å². The number of aryl methyl sites for hydroxylation is 2. The van der Waals surface area contributed by atoms with E-state index in [1.807, 2.05) is 43.0 Å². The van der Waals surface area contributed by atoms with Gasteiger partial charge < -0.3 is 4.90 Å². The van der Waals surface area contributed by atoms with Gasteiger partial charge in [0, 0.05) is 16.5 Å². The highest BCUT2D eigenvalue weighted by Crippen LogP contribution is 2.42. The highest BCUT2D eigenvalue weighted by atomic mass is 32.2. The Morgan fingerprint density at radius 2 is 1.85 bits per heavy atom. The molecule has 0 unspecified atom stereocenters. The van der Waals surface area contributed by atoms with Gasteiger partial charge in [-0.3, -0.25) is 4.79 Å². The van der Waals surface area contributed by atoms with E-state index in [9.17, 15) is 13.2 Å². The van der Waals surface area contributed by atoms with E-state index in [2.05, 4.69) is 4.99 Å². The van der Waals surface area contributed by atoms with Crippen LogP contribution in [0, 0.1) is 13.8 Å². The normalized spacial score (nSPS) is 25.0. The average Bonchev–Trinajstić information content (AvgIpc) is 3.09. The van der Waals surface area contributed by atoms with Crippen LogP contribution in [-0.2, 0) is 9.84 Å². The minimum Gasteiger partial charge on any atom is -0.315 e. The van der Waals surface area contributed by atoms with Crippen LogP contribution in [0.25, 0.3) is 0 Å². The van der Waals surface area contributed by atoms with Crippen LogP contribution < -0.4 is 4.90 Å². The number of rotatable bonds is 2. The van der Waals surface area contributed by atoms with Crippen LogP contribution in [0.15, 0.2) is 53.5 Å². The molecule has 27 heavy (non-hydrogen) atoms. The molecule has 5 nitrogen and oxygen atoms in total. The number of amides is 1. The molecule has 0 radical (unpaired) electrons. The van der Waals surface area contributed by atoms with Gasteiger partial charge in [0.1, 0.15) is 0 Å². The predicted octanol–water partition coefficient (Wildman–Crippen LogP) is 3.22. The monoisotopic (exact) mass is 400 g/mol. The quantitative estimate of drug-likeness (QED) is 0.774. The molecular formula is C20H20N2O3S2. The number of hydrogen-bond acceptors (Lipinski definition) is 4. The van der Waals surface area contributed by atoms with E-state index in [0.717, 1.165) is 16.8 Å². The van der Waals surface area contributed by atoms with Crippen LogP contribution in [0.4, 0.5) is 5.69 Å². The Labute approximate surface area is 163 Å². The summed E-state index contributed by atoms with van der Waals surface area (Å²) in [5, 5.41) is 0.486. The molecule has 0 spiro atoms. The lowest BCUT2D eigenvalue weighted by molar-refractivity contribution is 0.100. The van der Waals surface area contributed by atoms with E-state index in [0.29, 0.717) is 10.7 Å². The summed E-state index contributed by atoms with van der Waals surface area (Å²) in [5.74, 6) is -0.0880. The zero-order valence-corrected chi connectivity index (χ0v) is 16.8. The molecule has 0 saturated carbocycles. The number of carbonyl (C=O) groups excluding carboxylic acids is 1. The number of fused-ring (bicyclic) bond motifs is 1. The van der Waals surface area contributed by atoms with E-state index in [1.165, 1.54) is 11.8 Å². The molecular weight excluding hydrogens is 380 g/mol. The van der Waals surface area contributed by atoms with Gasteiger partial charge in [0.25, 0.3) is 5.91 Å². The fraction of sp³-hybridized carbons (Fsp3) is 0.300. The van der Waals surface area contributed by atoms with Gasteiger partial charge in [-0.2, -0.15) is 4.99 Å². The fourth-order valence-corrected chi connectivity index (χ4v) is 7.46. The Hall–Kier alpha value is -2.12. The van der Waals surface area contributed by atoms with Gasteiger partial charge in [-0.05, 0) is 43.2 Å². The molecule has 4 rings (SSSR count). The minimum atomic E-state index is -3.08. The topological polar surface area (TPSA) is 66.8 Å². The lowest BCUT2D eigenvalue weighted by Crippen LogP contribution is -2.38. The van der Waals surface area contributed by atoms with Gasteiger partial charge >= 0.3 is 0 Å². The third-order valence-electron chi connectivity index (χ3n) is 4.91.